The van der Waals surface area contributed by atoms with Crippen LogP contribution in [0.2, 0.25) is 0 Å². The Morgan fingerprint density at radius 2 is 2.40 bits per heavy atom. The van der Waals surface area contributed by atoms with Gasteiger partial charge in [0.25, 0.3) is 0 Å². The molecule has 1 N–H and O–H groups in total. The van der Waals surface area contributed by atoms with Gasteiger partial charge in [-0.05, 0) is 12.3 Å². The molecule has 0 aromatic heterocycles. The van der Waals surface area contributed by atoms with Gasteiger partial charge in [-0.25, -0.2) is 0 Å². The Kier molecular flexibility index (Phi) is 2.98. The highest BCUT2D eigenvalue weighted by atomic mass is 32.2. The SMILES string of the molecule is C[C@@H]1S[C@H](CO)C[C@@H]1CF. The van der Waals surface area contributed by atoms with Crippen molar-refractivity contribution in [3.63, 3.8) is 0 Å². The van der Waals surface area contributed by atoms with Crippen molar-refractivity contribution >= 4 is 11.8 Å². The standard InChI is InChI=1S/C7H13FOS/c1-5-6(3-8)2-7(4-9)10-5/h5-7,9H,2-4H2,1H3/t5-,6+,7-/m0/s1. The second-order valence-corrected chi connectivity index (χ2v) is 4.48. The molecule has 1 saturated heterocycles. The van der Waals surface area contributed by atoms with Crippen LogP contribution in [0.5, 0.6) is 0 Å². The van der Waals surface area contributed by atoms with Crippen molar-refractivity contribution in [1.82, 2.24) is 0 Å². The Balaban J connectivity index is 2.36. The summed E-state index contributed by atoms with van der Waals surface area (Å²) in [5.74, 6) is 0.183. The van der Waals surface area contributed by atoms with Gasteiger partial charge in [-0.2, -0.15) is 11.8 Å². The van der Waals surface area contributed by atoms with Gasteiger partial charge in [0.05, 0.1) is 13.3 Å². The lowest BCUT2D eigenvalue weighted by atomic mass is 10.0. The average Bonchev–Trinajstić information content (AvgIpc) is 2.30. The molecular weight excluding hydrogens is 151 g/mol. The van der Waals surface area contributed by atoms with Crippen LogP contribution in [0.4, 0.5) is 4.39 Å². The van der Waals surface area contributed by atoms with Crippen LogP contribution in [0.3, 0.4) is 0 Å². The first-order valence-corrected chi connectivity index (χ1v) is 4.54. The zero-order chi connectivity index (χ0) is 7.56. The molecule has 3 atom stereocenters. The summed E-state index contributed by atoms with van der Waals surface area (Å²) >= 11 is 1.71. The van der Waals surface area contributed by atoms with Gasteiger partial charge in [-0.1, -0.05) is 6.92 Å². The van der Waals surface area contributed by atoms with Crippen molar-refractivity contribution in [3.05, 3.63) is 0 Å². The van der Waals surface area contributed by atoms with Crippen LogP contribution in [0.1, 0.15) is 13.3 Å². The van der Waals surface area contributed by atoms with E-state index in [0.29, 0.717) is 5.25 Å². The lowest BCUT2D eigenvalue weighted by Crippen LogP contribution is -2.10. The molecule has 0 spiro atoms. The van der Waals surface area contributed by atoms with Crippen LogP contribution >= 0.6 is 11.8 Å². The third-order valence-corrected chi connectivity index (χ3v) is 3.58. The minimum atomic E-state index is -0.231. The van der Waals surface area contributed by atoms with Gasteiger partial charge in [0.1, 0.15) is 0 Å². The van der Waals surface area contributed by atoms with E-state index in [0.717, 1.165) is 6.42 Å². The predicted octanol–water partition coefficient (Wildman–Crippen LogP) is 1.46. The summed E-state index contributed by atoms with van der Waals surface area (Å²) in [6, 6.07) is 0. The maximum absolute atomic E-state index is 12.2. The fourth-order valence-electron chi connectivity index (χ4n) is 1.31. The fraction of sp³-hybridized carbons (Fsp3) is 1.00. The highest BCUT2D eigenvalue weighted by Crippen LogP contribution is 2.37. The van der Waals surface area contributed by atoms with E-state index in [1.165, 1.54) is 0 Å². The van der Waals surface area contributed by atoms with Crippen LogP contribution in [0, 0.1) is 5.92 Å². The summed E-state index contributed by atoms with van der Waals surface area (Å²) in [5, 5.41) is 9.43. The smallest absolute Gasteiger partial charge is 0.0933 e. The first-order valence-electron chi connectivity index (χ1n) is 3.60. The van der Waals surface area contributed by atoms with Gasteiger partial charge in [0.15, 0.2) is 0 Å². The number of aliphatic hydroxyl groups excluding tert-OH is 1. The predicted molar refractivity (Wildman–Crippen MR) is 42.0 cm³/mol. The van der Waals surface area contributed by atoms with Gasteiger partial charge >= 0.3 is 0 Å². The van der Waals surface area contributed by atoms with E-state index in [-0.39, 0.29) is 24.4 Å². The number of hydrogen-bond donors (Lipinski definition) is 1. The highest BCUT2D eigenvalue weighted by Gasteiger charge is 2.31. The van der Waals surface area contributed by atoms with Crippen molar-refractivity contribution in [3.8, 4) is 0 Å². The summed E-state index contributed by atoms with van der Waals surface area (Å²) in [4.78, 5) is 0. The molecule has 1 fully saturated rings. The molecule has 3 heteroatoms. The molecule has 0 aromatic carbocycles. The number of halogens is 1. The molecule has 1 rings (SSSR count). The number of thioether (sulfide) groups is 1. The monoisotopic (exact) mass is 164 g/mol. The van der Waals surface area contributed by atoms with Crippen molar-refractivity contribution in [2.45, 2.75) is 23.8 Å². The fourth-order valence-corrected chi connectivity index (χ4v) is 2.76. The summed E-state index contributed by atoms with van der Waals surface area (Å²) in [6.45, 7) is 2.00. The van der Waals surface area contributed by atoms with Crippen molar-refractivity contribution < 1.29 is 9.50 Å². The van der Waals surface area contributed by atoms with E-state index in [1.54, 1.807) is 11.8 Å². The number of aliphatic hydroxyl groups is 1. The summed E-state index contributed by atoms with van der Waals surface area (Å²) in [5.41, 5.74) is 0. The molecular formula is C7H13FOS. The van der Waals surface area contributed by atoms with Gasteiger partial charge in [-0.15, -0.1) is 0 Å². The van der Waals surface area contributed by atoms with E-state index >= 15 is 0 Å². The van der Waals surface area contributed by atoms with E-state index in [1.807, 2.05) is 6.92 Å². The van der Waals surface area contributed by atoms with Crippen LogP contribution in [-0.4, -0.2) is 28.9 Å². The molecule has 10 heavy (non-hydrogen) atoms. The number of alkyl halides is 1. The lowest BCUT2D eigenvalue weighted by Gasteiger charge is -2.06. The molecule has 0 aliphatic carbocycles. The lowest BCUT2D eigenvalue weighted by molar-refractivity contribution is 0.274. The topological polar surface area (TPSA) is 20.2 Å². The first-order chi connectivity index (χ1) is 4.77. The van der Waals surface area contributed by atoms with E-state index < -0.39 is 0 Å². The highest BCUT2D eigenvalue weighted by molar-refractivity contribution is 8.00. The van der Waals surface area contributed by atoms with Crippen LogP contribution < -0.4 is 0 Å². The minimum absolute atomic E-state index is 0.183. The molecule has 1 heterocycles. The maximum atomic E-state index is 12.2. The molecule has 0 amide bonds. The van der Waals surface area contributed by atoms with Gasteiger partial charge in [0, 0.05) is 10.5 Å². The Hall–Kier alpha value is 0.240. The first kappa shape index (κ1) is 8.34. The quantitative estimate of drug-likeness (QED) is 0.666. The molecule has 0 unspecified atom stereocenters. The molecule has 60 valence electrons. The minimum Gasteiger partial charge on any atom is -0.395 e. The van der Waals surface area contributed by atoms with Crippen LogP contribution in [0.15, 0.2) is 0 Å². The van der Waals surface area contributed by atoms with Crippen LogP contribution in [0.25, 0.3) is 0 Å². The van der Waals surface area contributed by atoms with Crippen molar-refractivity contribution in [1.29, 1.82) is 0 Å². The normalized spacial score (nSPS) is 40.5. The average molecular weight is 164 g/mol. The molecule has 1 nitrogen and oxygen atoms in total. The summed E-state index contributed by atoms with van der Waals surface area (Å²) in [7, 11) is 0. The molecule has 0 bridgehead atoms. The van der Waals surface area contributed by atoms with E-state index in [9.17, 15) is 4.39 Å². The van der Waals surface area contributed by atoms with E-state index in [2.05, 4.69) is 0 Å². The zero-order valence-corrected chi connectivity index (χ0v) is 6.90. The molecule has 1 aliphatic rings. The third kappa shape index (κ3) is 1.64. The van der Waals surface area contributed by atoms with Crippen molar-refractivity contribution in [2.24, 2.45) is 5.92 Å². The number of hydrogen-bond acceptors (Lipinski definition) is 2. The largest absolute Gasteiger partial charge is 0.395 e. The Labute approximate surface area is 65.0 Å². The van der Waals surface area contributed by atoms with Crippen molar-refractivity contribution in [2.75, 3.05) is 13.3 Å². The third-order valence-electron chi connectivity index (χ3n) is 2.04. The second kappa shape index (κ2) is 3.58. The van der Waals surface area contributed by atoms with Gasteiger partial charge in [0.2, 0.25) is 0 Å². The molecule has 0 aromatic rings. The summed E-state index contributed by atoms with van der Waals surface area (Å²) in [6.07, 6.45) is 0.846. The van der Waals surface area contributed by atoms with Gasteiger partial charge in [-0.3, -0.25) is 4.39 Å². The van der Waals surface area contributed by atoms with E-state index in [4.69, 9.17) is 5.11 Å². The molecule has 0 saturated carbocycles. The molecule has 1 aliphatic heterocycles. The Morgan fingerprint density at radius 1 is 1.70 bits per heavy atom. The number of rotatable bonds is 2. The zero-order valence-electron chi connectivity index (χ0n) is 6.09. The Morgan fingerprint density at radius 3 is 2.70 bits per heavy atom. The van der Waals surface area contributed by atoms with Gasteiger partial charge < -0.3 is 5.11 Å². The summed E-state index contributed by atoms with van der Waals surface area (Å²) < 4.78 is 12.2. The molecule has 0 radical (unpaired) electrons. The second-order valence-electron chi connectivity index (χ2n) is 2.80. The maximum Gasteiger partial charge on any atom is 0.0933 e. The Bertz CT molecular complexity index is 110. The van der Waals surface area contributed by atoms with Crippen LogP contribution in [-0.2, 0) is 0 Å².